The molecule has 1 aromatic heterocycles. The number of piperazine rings is 1. The Balaban J connectivity index is 1.16. The number of aromatic nitrogens is 1. The molecule has 1 fully saturated rings. The van der Waals surface area contributed by atoms with Gasteiger partial charge in [-0.1, -0.05) is 77.7 Å². The quantitative estimate of drug-likeness (QED) is 0.0870. The predicted molar refractivity (Wildman–Crippen MR) is 240 cm³/mol. The van der Waals surface area contributed by atoms with Crippen LogP contribution in [0.4, 0.5) is 10.5 Å². The highest BCUT2D eigenvalue weighted by Crippen LogP contribution is 2.48. The number of nitrogens with zero attached hydrogens (tertiary/aromatic N) is 4. The topological polar surface area (TPSA) is 149 Å². The highest BCUT2D eigenvalue weighted by Gasteiger charge is 2.30. The standard InChI is InChI=1S/C44H46N4O8S4/c1-2-56-44(49)46-23-21-45(22-24-46)43-31(15-17-41-47(19-7-25-59(50,51)52)37-27-33-9-3-5-11-35(33)29-39(37)57-41)13-14-32(43)16-18-42-48(20-8-26-60(53,54)55)38-28-34-10-4-6-12-36(34)30-40(38)58-42/h3-6,9-12,15-18,27-30H,2,7-8,13-14,19-26H2,1H3,(H-,50,51,52,53,54,55)/p+1. The number of hydrogen-bond donors (Lipinski definition) is 2. The summed E-state index contributed by atoms with van der Waals surface area (Å²) < 4.78 is 74.3. The summed E-state index contributed by atoms with van der Waals surface area (Å²) in [6.45, 7) is 5.23. The first-order valence-corrected chi connectivity index (χ1v) is 24.9. The maximum atomic E-state index is 12.6. The second-order valence-electron chi connectivity index (χ2n) is 15.0. The van der Waals surface area contributed by atoms with Crippen LogP contribution < -0.4 is 9.47 Å². The number of amides is 1. The first-order valence-electron chi connectivity index (χ1n) is 20.1. The van der Waals surface area contributed by atoms with Gasteiger partial charge in [0.05, 0.1) is 28.8 Å². The molecule has 314 valence electrons. The van der Waals surface area contributed by atoms with Gasteiger partial charge >= 0.3 is 6.09 Å². The number of hydrogen-bond acceptors (Lipinski definition) is 10. The normalized spacial score (nSPS) is 17.8. The summed E-state index contributed by atoms with van der Waals surface area (Å²) in [5, 5.41) is 6.33. The van der Waals surface area contributed by atoms with Gasteiger partial charge in [0, 0.05) is 61.9 Å². The summed E-state index contributed by atoms with van der Waals surface area (Å²) in [7, 11) is -8.23. The predicted octanol–water partition coefficient (Wildman–Crippen LogP) is 8.27. The van der Waals surface area contributed by atoms with Gasteiger partial charge in [0.1, 0.15) is 4.70 Å². The maximum absolute atomic E-state index is 12.6. The molecule has 0 unspecified atom stereocenters. The van der Waals surface area contributed by atoms with Gasteiger partial charge in [-0.25, -0.2) is 4.79 Å². The Morgan fingerprint density at radius 1 is 0.817 bits per heavy atom. The molecule has 0 saturated carbocycles. The van der Waals surface area contributed by atoms with E-state index in [-0.39, 0.29) is 30.4 Å². The highest BCUT2D eigenvalue weighted by molar-refractivity contribution is 8.03. The van der Waals surface area contributed by atoms with E-state index in [9.17, 15) is 30.7 Å². The van der Waals surface area contributed by atoms with Gasteiger partial charge in [0.15, 0.2) is 6.54 Å². The molecule has 2 N–H and O–H groups in total. The molecule has 3 heterocycles. The number of benzene rings is 4. The Morgan fingerprint density at radius 3 is 2.15 bits per heavy atom. The summed E-state index contributed by atoms with van der Waals surface area (Å²) in [6, 6.07) is 24.9. The summed E-state index contributed by atoms with van der Waals surface area (Å²) in [5.74, 6) is -0.662. The van der Waals surface area contributed by atoms with Crippen molar-refractivity contribution in [1.82, 2.24) is 9.80 Å². The number of carbonyl (C=O) groups excluding carboxylic acids is 1. The van der Waals surface area contributed by atoms with E-state index in [4.69, 9.17) is 4.74 Å². The molecule has 0 atom stereocenters. The first kappa shape index (κ1) is 42.0. The zero-order chi connectivity index (χ0) is 42.0. The van der Waals surface area contributed by atoms with E-state index in [1.54, 1.807) is 34.9 Å². The fourth-order valence-corrected chi connectivity index (χ4v) is 11.4. The van der Waals surface area contributed by atoms with Crippen LogP contribution in [0.15, 0.2) is 118 Å². The fraction of sp³-hybridized carbons (Fsp3) is 0.318. The molecule has 8 rings (SSSR count). The zero-order valence-corrected chi connectivity index (χ0v) is 36.5. The van der Waals surface area contributed by atoms with Crippen LogP contribution in [0.1, 0.15) is 37.6 Å². The van der Waals surface area contributed by atoms with Gasteiger partial charge in [0.25, 0.3) is 25.2 Å². The molecule has 1 aliphatic carbocycles. The lowest BCUT2D eigenvalue weighted by Gasteiger charge is -2.37. The van der Waals surface area contributed by atoms with Crippen molar-refractivity contribution in [2.45, 2.75) is 44.0 Å². The molecule has 1 saturated heterocycles. The minimum atomic E-state index is -4.12. The van der Waals surface area contributed by atoms with Gasteiger partial charge in [-0.15, -0.1) is 0 Å². The molecule has 0 spiro atoms. The van der Waals surface area contributed by atoms with E-state index in [0.717, 1.165) is 82.1 Å². The van der Waals surface area contributed by atoms with Crippen LogP contribution >= 0.6 is 23.1 Å². The summed E-state index contributed by atoms with van der Waals surface area (Å²) in [5.41, 5.74) is 5.41. The summed E-state index contributed by atoms with van der Waals surface area (Å²) >= 11 is 3.28. The highest BCUT2D eigenvalue weighted by atomic mass is 32.2. The molecular formula is C44H47N4O8S4+. The van der Waals surface area contributed by atoms with Crippen LogP contribution in [-0.2, 0) is 31.5 Å². The first-order chi connectivity index (χ1) is 28.8. The molecule has 1 amide bonds. The van der Waals surface area contributed by atoms with E-state index in [2.05, 4.69) is 87.2 Å². The summed E-state index contributed by atoms with van der Waals surface area (Å²) in [6.07, 6.45) is 10.3. The van der Waals surface area contributed by atoms with Gasteiger partial charge in [-0.2, -0.15) is 21.4 Å². The number of fused-ring (bicyclic) bond motifs is 4. The van der Waals surface area contributed by atoms with Gasteiger partial charge in [-0.05, 0) is 89.2 Å². The lowest BCUT2D eigenvalue weighted by Crippen LogP contribution is -2.48. The minimum absolute atomic E-state index is 0.258. The number of anilines is 1. The number of ether oxygens (including phenoxy) is 1. The van der Waals surface area contributed by atoms with Crippen molar-refractivity contribution in [2.75, 3.05) is 55.7 Å². The molecule has 0 radical (unpaired) electrons. The molecule has 2 aliphatic heterocycles. The van der Waals surface area contributed by atoms with Crippen molar-refractivity contribution in [2.24, 2.45) is 0 Å². The SMILES string of the molecule is CCOC(=O)N1CCN(C2=C(C=Cc3sc4cc5ccccc5cc4[n+]3CCCS(=O)(=O)O)CCC2=CC=C2Sc3cc4ccccc4cc3N2CCCS(=O)(=O)O)CC1. The third-order valence-corrected chi connectivity index (χ3v) is 14.8. The molecular weight excluding hydrogens is 841 g/mol. The van der Waals surface area contributed by atoms with Crippen LogP contribution in [0.2, 0.25) is 0 Å². The van der Waals surface area contributed by atoms with Crippen LogP contribution in [0.3, 0.4) is 0 Å². The van der Waals surface area contributed by atoms with E-state index in [1.165, 1.54) is 0 Å². The van der Waals surface area contributed by atoms with Crippen LogP contribution in [0, 0.1) is 0 Å². The molecule has 60 heavy (non-hydrogen) atoms. The molecule has 12 nitrogen and oxygen atoms in total. The Kier molecular flexibility index (Phi) is 12.4. The summed E-state index contributed by atoms with van der Waals surface area (Å²) in [4.78, 5) is 19.9. The van der Waals surface area contributed by atoms with Gasteiger partial charge < -0.3 is 19.4 Å². The Hall–Kier alpha value is -4.71. The number of carbonyl (C=O) groups is 1. The Bertz CT molecular complexity index is 2820. The Labute approximate surface area is 358 Å². The maximum Gasteiger partial charge on any atom is 0.409 e. The fourth-order valence-electron chi connectivity index (χ4n) is 8.21. The van der Waals surface area contributed by atoms with E-state index in [1.807, 2.05) is 24.3 Å². The van der Waals surface area contributed by atoms with E-state index >= 15 is 0 Å². The van der Waals surface area contributed by atoms with Crippen LogP contribution in [0.25, 0.3) is 37.8 Å². The van der Waals surface area contributed by atoms with E-state index in [0.29, 0.717) is 45.9 Å². The van der Waals surface area contributed by atoms with Gasteiger partial charge in [-0.3, -0.25) is 9.11 Å². The Morgan fingerprint density at radius 2 is 1.47 bits per heavy atom. The molecule has 5 aromatic rings. The zero-order valence-electron chi connectivity index (χ0n) is 33.2. The average Bonchev–Trinajstić information content (AvgIpc) is 3.89. The smallest absolute Gasteiger partial charge is 0.409 e. The van der Waals surface area contributed by atoms with Crippen molar-refractivity contribution in [3.05, 3.63) is 118 Å². The lowest BCUT2D eigenvalue weighted by molar-refractivity contribution is -0.668. The number of thiazole rings is 1. The van der Waals surface area contributed by atoms with Crippen LogP contribution in [-0.4, -0.2) is 92.7 Å². The minimum Gasteiger partial charge on any atom is -0.450 e. The molecule has 0 bridgehead atoms. The molecule has 16 heteroatoms. The second-order valence-corrected chi connectivity index (χ2v) is 20.3. The van der Waals surface area contributed by atoms with Crippen molar-refractivity contribution < 1.29 is 40.0 Å². The third-order valence-electron chi connectivity index (χ3n) is 11.0. The average molecular weight is 888 g/mol. The molecule has 4 aromatic carbocycles. The lowest BCUT2D eigenvalue weighted by atomic mass is 10.1. The van der Waals surface area contributed by atoms with Crippen LogP contribution in [0.5, 0.6) is 0 Å². The van der Waals surface area contributed by atoms with Crippen molar-refractivity contribution in [3.8, 4) is 0 Å². The van der Waals surface area contributed by atoms with Crippen molar-refractivity contribution in [3.63, 3.8) is 0 Å². The van der Waals surface area contributed by atoms with Gasteiger partial charge in [0.2, 0.25) is 5.52 Å². The monoisotopic (exact) mass is 887 g/mol. The largest absolute Gasteiger partial charge is 0.450 e. The van der Waals surface area contributed by atoms with Crippen molar-refractivity contribution >= 4 is 93.0 Å². The van der Waals surface area contributed by atoms with Crippen molar-refractivity contribution in [1.29, 1.82) is 0 Å². The third kappa shape index (κ3) is 9.59. The second kappa shape index (κ2) is 17.7. The number of allylic oxidation sites excluding steroid dienone is 5. The number of aryl methyl sites for hydroxylation is 1. The van der Waals surface area contributed by atoms with E-state index < -0.39 is 20.2 Å². The number of rotatable bonds is 13. The molecule has 3 aliphatic rings. The number of thioether (sulfide) groups is 1.